The van der Waals surface area contributed by atoms with E-state index in [0.29, 0.717) is 11.3 Å². The predicted molar refractivity (Wildman–Crippen MR) is 131 cm³/mol. The minimum Gasteiger partial charge on any atom is -0.508 e. The van der Waals surface area contributed by atoms with Crippen molar-refractivity contribution in [1.82, 2.24) is 4.90 Å². The number of phenols is 1. The number of rotatable bonds is 3. The molecule has 0 aliphatic heterocycles. The number of aliphatic hydroxyl groups excluding tert-OH is 2. The number of Topliss-reactive ketones (excluding diaryl/α,β-unsaturated/α-hetero) is 2. The van der Waals surface area contributed by atoms with E-state index in [4.69, 9.17) is 5.73 Å². The van der Waals surface area contributed by atoms with Crippen molar-refractivity contribution in [3.63, 3.8) is 0 Å². The van der Waals surface area contributed by atoms with Crippen molar-refractivity contribution in [1.29, 1.82) is 0 Å². The van der Waals surface area contributed by atoms with Crippen LogP contribution in [0.4, 0.5) is 5.69 Å². The molecule has 0 spiro atoms. The lowest BCUT2D eigenvalue weighted by Crippen LogP contribution is -2.65. The lowest BCUT2D eigenvalue weighted by atomic mass is 9.57. The molecule has 0 heterocycles. The van der Waals surface area contributed by atoms with Crippen LogP contribution < -0.4 is 10.6 Å². The van der Waals surface area contributed by atoms with E-state index in [-0.39, 0.29) is 35.3 Å². The Morgan fingerprint density at radius 1 is 1.17 bits per heavy atom. The molecule has 3 aliphatic carbocycles. The Hall–Kier alpha value is -3.81. The fourth-order valence-corrected chi connectivity index (χ4v) is 5.92. The fourth-order valence-electron chi connectivity index (χ4n) is 5.92. The Morgan fingerprint density at radius 3 is 2.33 bits per heavy atom. The average molecular weight is 496 g/mol. The number of hydrogen-bond acceptors (Lipinski definition) is 9. The van der Waals surface area contributed by atoms with Gasteiger partial charge in [0.1, 0.15) is 22.8 Å². The third-order valence-electron chi connectivity index (χ3n) is 7.44. The summed E-state index contributed by atoms with van der Waals surface area (Å²) in [6.07, 6.45) is 0.255. The van der Waals surface area contributed by atoms with Crippen molar-refractivity contribution in [3.05, 3.63) is 39.7 Å². The van der Waals surface area contributed by atoms with Crippen LogP contribution in [0.3, 0.4) is 0 Å². The Kier molecular flexibility index (Phi) is 5.90. The number of fused-ring (bicyclic) bond motifs is 3. The predicted octanol–water partition coefficient (Wildman–Crippen LogP) is 0.401. The Bertz CT molecular complexity index is 1350. The summed E-state index contributed by atoms with van der Waals surface area (Å²) in [4.78, 5) is 42.3. The largest absolute Gasteiger partial charge is 0.508 e. The number of nitrogens with zero attached hydrogens (tertiary/aromatic N) is 2. The number of amides is 1. The van der Waals surface area contributed by atoms with Gasteiger partial charge in [0.2, 0.25) is 5.78 Å². The van der Waals surface area contributed by atoms with Crippen LogP contribution in [0.25, 0.3) is 5.76 Å². The lowest BCUT2D eigenvalue weighted by molar-refractivity contribution is -0.153. The molecule has 0 radical (unpaired) electrons. The first kappa shape index (κ1) is 25.3. The van der Waals surface area contributed by atoms with Gasteiger partial charge in [0.05, 0.1) is 17.2 Å². The molecule has 6 N–H and O–H groups in total. The van der Waals surface area contributed by atoms with Gasteiger partial charge >= 0.3 is 0 Å². The van der Waals surface area contributed by atoms with E-state index in [9.17, 15) is 34.8 Å². The quantitative estimate of drug-likeness (QED) is 0.295. The summed E-state index contributed by atoms with van der Waals surface area (Å²) >= 11 is 0. The van der Waals surface area contributed by atoms with Crippen molar-refractivity contribution >= 4 is 28.9 Å². The van der Waals surface area contributed by atoms with E-state index in [2.05, 4.69) is 11.8 Å². The highest BCUT2D eigenvalue weighted by Crippen LogP contribution is 2.54. The van der Waals surface area contributed by atoms with E-state index in [1.165, 1.54) is 4.90 Å². The van der Waals surface area contributed by atoms with Crippen LogP contribution in [0.1, 0.15) is 30.0 Å². The number of aromatic hydroxyl groups is 1. The van der Waals surface area contributed by atoms with E-state index < -0.39 is 58.0 Å². The van der Waals surface area contributed by atoms with Crippen LogP contribution in [0, 0.1) is 23.7 Å². The Balaban J connectivity index is 2.03. The summed E-state index contributed by atoms with van der Waals surface area (Å²) in [5, 5.41) is 44.9. The zero-order chi connectivity index (χ0) is 26.9. The molecule has 190 valence electrons. The van der Waals surface area contributed by atoms with Crippen molar-refractivity contribution in [2.45, 2.75) is 31.4 Å². The van der Waals surface area contributed by atoms with Gasteiger partial charge in [-0.3, -0.25) is 19.3 Å². The molecule has 4 rings (SSSR count). The summed E-state index contributed by atoms with van der Waals surface area (Å²) < 4.78 is 0. The Labute approximate surface area is 208 Å². The molecule has 1 saturated carbocycles. The first-order valence-corrected chi connectivity index (χ1v) is 11.4. The minimum atomic E-state index is -2.66. The van der Waals surface area contributed by atoms with Crippen LogP contribution in [0.5, 0.6) is 5.75 Å². The molecule has 0 saturated heterocycles. The molecule has 0 bridgehead atoms. The van der Waals surface area contributed by atoms with E-state index in [1.54, 1.807) is 46.1 Å². The number of likely N-dealkylation sites (N-methyl/N-ethyl adjacent to an activating group) is 1. The first-order valence-electron chi connectivity index (χ1n) is 11.4. The summed E-state index contributed by atoms with van der Waals surface area (Å²) in [7, 11) is 6.72. The molecule has 4 atom stereocenters. The smallest absolute Gasteiger partial charge is 0.255 e. The number of anilines is 1. The van der Waals surface area contributed by atoms with Crippen LogP contribution in [-0.2, 0) is 20.8 Å². The number of primary amides is 1. The van der Waals surface area contributed by atoms with Gasteiger partial charge in [0.25, 0.3) is 5.91 Å². The van der Waals surface area contributed by atoms with Gasteiger partial charge in [-0.1, -0.05) is 5.92 Å². The van der Waals surface area contributed by atoms with Gasteiger partial charge < -0.3 is 31.1 Å². The molecule has 1 fully saturated rings. The molecular weight excluding hydrogens is 466 g/mol. The monoisotopic (exact) mass is 495 g/mol. The molecule has 10 nitrogen and oxygen atoms in total. The average Bonchev–Trinajstić information content (AvgIpc) is 2.77. The number of benzene rings is 1. The number of phenolic OH excluding ortho intramolecular Hbond substituents is 1. The summed E-state index contributed by atoms with van der Waals surface area (Å²) in [5.41, 5.74) is 3.19. The number of carbonyl (C=O) groups is 3. The van der Waals surface area contributed by atoms with Crippen molar-refractivity contribution < 1.29 is 34.8 Å². The van der Waals surface area contributed by atoms with Crippen LogP contribution >= 0.6 is 0 Å². The van der Waals surface area contributed by atoms with E-state index in [1.807, 2.05) is 0 Å². The van der Waals surface area contributed by atoms with Gasteiger partial charge in [0.15, 0.2) is 11.4 Å². The van der Waals surface area contributed by atoms with Crippen molar-refractivity contribution in [2.24, 2.45) is 17.6 Å². The van der Waals surface area contributed by atoms with Crippen molar-refractivity contribution in [3.8, 4) is 17.6 Å². The van der Waals surface area contributed by atoms with Crippen LogP contribution in [0.15, 0.2) is 23.0 Å². The minimum absolute atomic E-state index is 0.0234. The fraction of sp³-hybridized carbons (Fsp3) is 0.423. The topological polar surface area (TPSA) is 165 Å². The first-order chi connectivity index (χ1) is 16.8. The van der Waals surface area contributed by atoms with E-state index >= 15 is 0 Å². The van der Waals surface area contributed by atoms with Crippen LogP contribution in [0.2, 0.25) is 0 Å². The normalized spacial score (nSPS) is 27.2. The number of hydrogen-bond donors (Lipinski definition) is 5. The number of ketones is 2. The third kappa shape index (κ3) is 3.23. The summed E-state index contributed by atoms with van der Waals surface area (Å²) in [5.74, 6) is -1.29. The number of nitrogens with two attached hydrogens (primary N) is 1. The highest BCUT2D eigenvalue weighted by molar-refractivity contribution is 6.24. The van der Waals surface area contributed by atoms with E-state index in [0.717, 1.165) is 0 Å². The molecular formula is C26H29N3O7. The zero-order valence-corrected chi connectivity index (χ0v) is 20.7. The zero-order valence-electron chi connectivity index (χ0n) is 20.7. The number of carbonyl (C=O) groups excluding carboxylic acids is 3. The molecule has 3 aliphatic rings. The molecule has 1 aromatic rings. The SMILES string of the molecule is CC#Cc1cc(N(C)C)c2c(c1O)C(O)=C1C(=O)[C@@]3(O)C(O)=C(C(N)=O)C(=O)[C@H](N(C)C)[C@H]3C[C@H]1C2. The second kappa shape index (κ2) is 8.40. The van der Waals surface area contributed by atoms with Gasteiger partial charge in [-0.25, -0.2) is 0 Å². The second-order valence-electron chi connectivity index (χ2n) is 9.88. The highest BCUT2D eigenvalue weighted by atomic mass is 16.3. The van der Waals surface area contributed by atoms with Gasteiger partial charge in [0, 0.05) is 31.3 Å². The summed E-state index contributed by atoms with van der Waals surface area (Å²) in [6.45, 7) is 1.60. The maximum absolute atomic E-state index is 13.9. The Morgan fingerprint density at radius 2 is 1.81 bits per heavy atom. The second-order valence-corrected chi connectivity index (χ2v) is 9.88. The molecule has 1 amide bonds. The maximum Gasteiger partial charge on any atom is 0.255 e. The van der Waals surface area contributed by atoms with Gasteiger partial charge in [-0.2, -0.15) is 0 Å². The standard InChI is InChI=1S/C26H29N3O7/c1-6-7-11-10-15(28(2)3)13-8-12-9-14-19(29(4)5)22(32)18(25(27)35)24(34)26(14,36)23(33)16(12)21(31)17(13)20(11)30/h10,12,14,19,30-31,34,36H,8-9H2,1-5H3,(H2,27,35)/t12-,14-,19-,26-/m1/s1. The third-order valence-corrected chi connectivity index (χ3v) is 7.44. The maximum atomic E-state index is 13.9. The molecule has 1 aromatic carbocycles. The number of aliphatic hydroxyl groups is 3. The molecule has 0 aromatic heterocycles. The van der Waals surface area contributed by atoms with Gasteiger partial charge in [-0.15, -0.1) is 5.92 Å². The lowest BCUT2D eigenvalue weighted by Gasteiger charge is -2.50. The van der Waals surface area contributed by atoms with Gasteiger partial charge in [-0.05, 0) is 51.4 Å². The summed E-state index contributed by atoms with van der Waals surface area (Å²) in [6, 6.07) is 0.580. The highest BCUT2D eigenvalue weighted by Gasteiger charge is 2.64. The van der Waals surface area contributed by atoms with Crippen LogP contribution in [-0.4, -0.2) is 82.6 Å². The molecule has 10 heteroatoms. The molecule has 36 heavy (non-hydrogen) atoms. The van der Waals surface area contributed by atoms with Crippen molar-refractivity contribution in [2.75, 3.05) is 33.1 Å². The molecule has 0 unspecified atom stereocenters.